The number of nitrogens with one attached hydrogen (secondary N) is 1. The van der Waals surface area contributed by atoms with Gasteiger partial charge in [-0.2, -0.15) is 0 Å². The van der Waals surface area contributed by atoms with Gasteiger partial charge in [-0.05, 0) is 43.1 Å². The van der Waals surface area contributed by atoms with Crippen LogP contribution in [0.4, 0.5) is 4.39 Å². The summed E-state index contributed by atoms with van der Waals surface area (Å²) in [6.07, 6.45) is 2.14. The Morgan fingerprint density at radius 1 is 1.10 bits per heavy atom. The maximum Gasteiger partial charge on any atom is 0.136 e. The number of hydrogen-bond donors (Lipinski definition) is 1. The van der Waals surface area contributed by atoms with Crippen molar-refractivity contribution in [1.29, 1.82) is 0 Å². The molecule has 1 N–H and O–H groups in total. The topological polar surface area (TPSA) is 12.0 Å². The first kappa shape index (κ1) is 13.7. The lowest BCUT2D eigenvalue weighted by molar-refractivity contribution is 0.509. The van der Waals surface area contributed by atoms with Crippen molar-refractivity contribution < 1.29 is 4.39 Å². The van der Waals surface area contributed by atoms with Crippen LogP contribution in [-0.4, -0.2) is 12.3 Å². The van der Waals surface area contributed by atoms with E-state index in [2.05, 4.69) is 29.6 Å². The summed E-state index contributed by atoms with van der Waals surface area (Å²) in [6, 6.07) is 15.9. The van der Waals surface area contributed by atoms with Crippen molar-refractivity contribution in [3.63, 3.8) is 0 Å². The molecule has 2 atom stereocenters. The highest BCUT2D eigenvalue weighted by atomic mass is 32.2. The van der Waals surface area contributed by atoms with Gasteiger partial charge in [-0.15, -0.1) is 11.8 Å². The van der Waals surface area contributed by atoms with Gasteiger partial charge >= 0.3 is 0 Å². The summed E-state index contributed by atoms with van der Waals surface area (Å²) in [6.45, 7) is 0. The Hall–Kier alpha value is -1.32. The molecule has 0 aromatic heterocycles. The first-order valence-electron chi connectivity index (χ1n) is 6.96. The summed E-state index contributed by atoms with van der Waals surface area (Å²) >= 11 is 1.65. The standard InChI is InChI=1S/C17H18FNS/c1-19-17-13-7-3-2-6-12(13)10-11-16(17)20-15-9-5-4-8-14(15)18/h2-9,16-17,19H,10-11H2,1H3. The Labute approximate surface area is 123 Å². The van der Waals surface area contributed by atoms with Gasteiger partial charge in [-0.3, -0.25) is 0 Å². The summed E-state index contributed by atoms with van der Waals surface area (Å²) in [5.74, 6) is -0.119. The van der Waals surface area contributed by atoms with Crippen molar-refractivity contribution in [2.75, 3.05) is 7.05 Å². The molecule has 1 aliphatic rings. The summed E-state index contributed by atoms with van der Waals surface area (Å²) in [5, 5.41) is 3.77. The molecule has 104 valence electrons. The predicted octanol–water partition coefficient (Wildman–Crippen LogP) is 4.19. The average Bonchev–Trinajstić information content (AvgIpc) is 2.49. The molecule has 2 unspecified atom stereocenters. The van der Waals surface area contributed by atoms with Gasteiger partial charge in [0.1, 0.15) is 5.82 Å². The van der Waals surface area contributed by atoms with E-state index >= 15 is 0 Å². The molecule has 2 aromatic rings. The Balaban J connectivity index is 1.87. The van der Waals surface area contributed by atoms with Crippen molar-refractivity contribution in [3.8, 4) is 0 Å². The van der Waals surface area contributed by atoms with E-state index in [1.165, 1.54) is 17.2 Å². The van der Waals surface area contributed by atoms with Gasteiger partial charge in [0.05, 0.1) is 0 Å². The molecule has 0 fully saturated rings. The van der Waals surface area contributed by atoms with Crippen molar-refractivity contribution >= 4 is 11.8 Å². The van der Waals surface area contributed by atoms with Gasteiger partial charge in [0.25, 0.3) is 0 Å². The molecular formula is C17H18FNS. The van der Waals surface area contributed by atoms with Crippen LogP contribution in [0.5, 0.6) is 0 Å². The number of rotatable bonds is 3. The molecule has 0 bridgehead atoms. The molecule has 0 radical (unpaired) electrons. The zero-order valence-electron chi connectivity index (χ0n) is 11.5. The van der Waals surface area contributed by atoms with Gasteiger partial charge in [0.2, 0.25) is 0 Å². The third-order valence-electron chi connectivity index (χ3n) is 3.89. The number of aryl methyl sites for hydroxylation is 1. The van der Waals surface area contributed by atoms with Crippen LogP contribution in [0.25, 0.3) is 0 Å². The van der Waals surface area contributed by atoms with Crippen molar-refractivity contribution in [2.24, 2.45) is 0 Å². The van der Waals surface area contributed by atoms with E-state index in [1.54, 1.807) is 17.8 Å². The molecular weight excluding hydrogens is 269 g/mol. The predicted molar refractivity (Wildman–Crippen MR) is 82.6 cm³/mol. The average molecular weight is 287 g/mol. The molecule has 2 aromatic carbocycles. The van der Waals surface area contributed by atoms with E-state index in [0.29, 0.717) is 5.25 Å². The minimum absolute atomic E-state index is 0.119. The maximum absolute atomic E-state index is 13.8. The number of hydrogen-bond acceptors (Lipinski definition) is 2. The Bertz CT molecular complexity index is 599. The van der Waals surface area contributed by atoms with Crippen LogP contribution < -0.4 is 5.32 Å². The third-order valence-corrected chi connectivity index (χ3v) is 5.28. The number of benzene rings is 2. The second-order valence-electron chi connectivity index (χ2n) is 5.09. The Morgan fingerprint density at radius 3 is 2.65 bits per heavy atom. The summed E-state index contributed by atoms with van der Waals surface area (Å²) in [4.78, 5) is 0.747. The number of fused-ring (bicyclic) bond motifs is 1. The van der Waals surface area contributed by atoms with E-state index in [9.17, 15) is 4.39 Å². The van der Waals surface area contributed by atoms with E-state index in [-0.39, 0.29) is 11.9 Å². The van der Waals surface area contributed by atoms with Gasteiger partial charge in [-0.25, -0.2) is 4.39 Å². The molecule has 0 saturated carbocycles. The molecule has 0 saturated heterocycles. The highest BCUT2D eigenvalue weighted by Gasteiger charge is 2.29. The van der Waals surface area contributed by atoms with Crippen LogP contribution in [-0.2, 0) is 6.42 Å². The molecule has 1 nitrogen and oxygen atoms in total. The summed E-state index contributed by atoms with van der Waals surface area (Å²) < 4.78 is 13.8. The lowest BCUT2D eigenvalue weighted by Gasteiger charge is -2.33. The lowest BCUT2D eigenvalue weighted by atomic mass is 9.87. The molecule has 0 heterocycles. The summed E-state index contributed by atoms with van der Waals surface area (Å²) in [5.41, 5.74) is 2.77. The Kier molecular flexibility index (Phi) is 4.08. The van der Waals surface area contributed by atoms with E-state index in [4.69, 9.17) is 0 Å². The van der Waals surface area contributed by atoms with Crippen molar-refractivity contribution in [1.82, 2.24) is 5.32 Å². The fourth-order valence-corrected chi connectivity index (χ4v) is 4.22. The van der Waals surface area contributed by atoms with Crippen LogP contribution in [0.1, 0.15) is 23.6 Å². The van der Waals surface area contributed by atoms with Gasteiger partial charge in [-0.1, -0.05) is 36.4 Å². The highest BCUT2D eigenvalue weighted by molar-refractivity contribution is 8.00. The maximum atomic E-state index is 13.8. The monoisotopic (exact) mass is 287 g/mol. The minimum atomic E-state index is -0.119. The molecule has 0 spiro atoms. The second-order valence-corrected chi connectivity index (χ2v) is 6.37. The lowest BCUT2D eigenvalue weighted by Crippen LogP contribution is -2.32. The molecule has 3 rings (SSSR count). The Morgan fingerprint density at radius 2 is 1.85 bits per heavy atom. The molecule has 0 aliphatic heterocycles. The SMILES string of the molecule is CNC1c2ccccc2CCC1Sc1ccccc1F. The normalized spacial score (nSPS) is 21.5. The van der Waals surface area contributed by atoms with E-state index < -0.39 is 0 Å². The highest BCUT2D eigenvalue weighted by Crippen LogP contribution is 2.40. The minimum Gasteiger partial charge on any atom is -0.312 e. The quantitative estimate of drug-likeness (QED) is 0.908. The zero-order chi connectivity index (χ0) is 13.9. The first-order valence-corrected chi connectivity index (χ1v) is 7.84. The van der Waals surface area contributed by atoms with Crippen LogP contribution in [0.3, 0.4) is 0 Å². The van der Waals surface area contributed by atoms with Gasteiger partial charge in [0.15, 0.2) is 0 Å². The molecule has 1 aliphatic carbocycles. The largest absolute Gasteiger partial charge is 0.312 e. The van der Waals surface area contributed by atoms with Crippen molar-refractivity contribution in [3.05, 3.63) is 65.5 Å². The van der Waals surface area contributed by atoms with Crippen LogP contribution >= 0.6 is 11.8 Å². The molecule has 0 amide bonds. The third kappa shape index (κ3) is 2.60. The molecule has 3 heteroatoms. The van der Waals surface area contributed by atoms with Crippen LogP contribution in [0.2, 0.25) is 0 Å². The number of thioether (sulfide) groups is 1. The second kappa shape index (κ2) is 5.98. The van der Waals surface area contributed by atoms with Crippen LogP contribution in [0.15, 0.2) is 53.4 Å². The summed E-state index contributed by atoms with van der Waals surface area (Å²) in [7, 11) is 1.99. The van der Waals surface area contributed by atoms with Crippen molar-refractivity contribution in [2.45, 2.75) is 29.0 Å². The number of halogens is 1. The zero-order valence-corrected chi connectivity index (χ0v) is 12.3. The smallest absolute Gasteiger partial charge is 0.136 e. The fraction of sp³-hybridized carbons (Fsp3) is 0.294. The fourth-order valence-electron chi connectivity index (χ4n) is 2.90. The van der Waals surface area contributed by atoms with Gasteiger partial charge in [0, 0.05) is 16.2 Å². The van der Waals surface area contributed by atoms with E-state index in [0.717, 1.165) is 17.7 Å². The van der Waals surface area contributed by atoms with Gasteiger partial charge < -0.3 is 5.32 Å². The van der Waals surface area contributed by atoms with Crippen LogP contribution in [0, 0.1) is 5.82 Å². The first-order chi connectivity index (χ1) is 9.79. The molecule has 20 heavy (non-hydrogen) atoms. The van der Waals surface area contributed by atoms with E-state index in [1.807, 2.05) is 19.2 Å².